The van der Waals surface area contributed by atoms with Crippen LogP contribution in [0.2, 0.25) is 0 Å². The van der Waals surface area contributed by atoms with Gasteiger partial charge in [0.2, 0.25) is 10.0 Å². The van der Waals surface area contributed by atoms with Gasteiger partial charge >= 0.3 is 0 Å². The first-order valence-corrected chi connectivity index (χ1v) is 9.88. The van der Waals surface area contributed by atoms with Gasteiger partial charge in [0, 0.05) is 19.1 Å². The van der Waals surface area contributed by atoms with Gasteiger partial charge in [-0.3, -0.25) is 0 Å². The van der Waals surface area contributed by atoms with E-state index in [0.717, 1.165) is 19.3 Å². The van der Waals surface area contributed by atoms with Gasteiger partial charge < -0.3 is 4.90 Å². The Balaban J connectivity index is 1.65. The molecule has 2 aliphatic rings. The quantitative estimate of drug-likeness (QED) is 0.855. The lowest BCUT2D eigenvalue weighted by molar-refractivity contribution is 0.168. The molecular formula is C17H26N2O2S. The predicted octanol–water partition coefficient (Wildman–Crippen LogP) is 2.50. The van der Waals surface area contributed by atoms with E-state index in [9.17, 15) is 8.42 Å². The zero-order chi connectivity index (χ0) is 15.6. The summed E-state index contributed by atoms with van der Waals surface area (Å²) in [6.07, 6.45) is 5.45. The molecule has 0 aliphatic carbocycles. The summed E-state index contributed by atoms with van der Waals surface area (Å²) in [5.74, 6) is 0. The minimum absolute atomic E-state index is 0.435. The molecule has 2 aliphatic heterocycles. The van der Waals surface area contributed by atoms with Crippen molar-refractivity contribution in [2.24, 2.45) is 0 Å². The van der Waals surface area contributed by atoms with Crippen molar-refractivity contribution in [3.05, 3.63) is 29.8 Å². The van der Waals surface area contributed by atoms with Crippen molar-refractivity contribution in [3.8, 4) is 0 Å². The number of hydrogen-bond acceptors (Lipinski definition) is 3. The van der Waals surface area contributed by atoms with Crippen LogP contribution in [0.15, 0.2) is 29.2 Å². The first-order valence-electron chi connectivity index (χ1n) is 8.44. The summed E-state index contributed by atoms with van der Waals surface area (Å²) >= 11 is 0. The third-order valence-corrected chi connectivity index (χ3v) is 6.96. The van der Waals surface area contributed by atoms with Crippen molar-refractivity contribution in [1.82, 2.24) is 9.21 Å². The van der Waals surface area contributed by atoms with E-state index >= 15 is 0 Å². The highest BCUT2D eigenvalue weighted by Gasteiger charge is 2.32. The van der Waals surface area contributed by atoms with Gasteiger partial charge in [-0.2, -0.15) is 4.31 Å². The molecule has 1 aromatic carbocycles. The van der Waals surface area contributed by atoms with Gasteiger partial charge in [-0.05, 0) is 62.9 Å². The maximum absolute atomic E-state index is 12.7. The summed E-state index contributed by atoms with van der Waals surface area (Å²) in [5.41, 5.74) is 1.17. The second-order valence-corrected chi connectivity index (χ2v) is 8.31. The average Bonchev–Trinajstić information content (AvgIpc) is 3.09. The van der Waals surface area contributed by atoms with Gasteiger partial charge in [0.15, 0.2) is 0 Å². The van der Waals surface area contributed by atoms with Crippen LogP contribution < -0.4 is 0 Å². The van der Waals surface area contributed by atoms with E-state index in [1.54, 1.807) is 16.4 Å². The molecule has 1 aromatic rings. The molecule has 2 heterocycles. The van der Waals surface area contributed by atoms with Crippen molar-refractivity contribution in [2.75, 3.05) is 26.2 Å². The highest BCUT2D eigenvalue weighted by molar-refractivity contribution is 7.89. The number of benzene rings is 1. The number of sulfonamides is 1. The molecule has 2 saturated heterocycles. The highest BCUT2D eigenvalue weighted by Crippen LogP contribution is 2.25. The van der Waals surface area contributed by atoms with Crippen LogP contribution in [0.4, 0.5) is 0 Å². The molecule has 4 nitrogen and oxygen atoms in total. The Morgan fingerprint density at radius 3 is 2.14 bits per heavy atom. The van der Waals surface area contributed by atoms with E-state index in [1.807, 2.05) is 12.1 Å². The van der Waals surface area contributed by atoms with Crippen molar-refractivity contribution in [3.63, 3.8) is 0 Å². The fourth-order valence-electron chi connectivity index (χ4n) is 3.60. The van der Waals surface area contributed by atoms with E-state index in [-0.39, 0.29) is 0 Å². The number of nitrogens with zero attached hydrogens (tertiary/aromatic N) is 2. The Kier molecular flexibility index (Phi) is 4.85. The number of rotatable bonds is 4. The molecule has 0 spiro atoms. The minimum atomic E-state index is -3.32. The summed E-state index contributed by atoms with van der Waals surface area (Å²) < 4.78 is 27.1. The monoisotopic (exact) mass is 322 g/mol. The van der Waals surface area contributed by atoms with Gasteiger partial charge in [0.1, 0.15) is 0 Å². The number of piperidine rings is 1. The second-order valence-electron chi connectivity index (χ2n) is 6.38. The maximum atomic E-state index is 12.7. The van der Waals surface area contributed by atoms with Gasteiger partial charge in [-0.25, -0.2) is 8.42 Å². The van der Waals surface area contributed by atoms with E-state index in [1.165, 1.54) is 31.5 Å². The van der Waals surface area contributed by atoms with Crippen LogP contribution >= 0.6 is 0 Å². The standard InChI is InChI=1S/C17H26N2O2S/c1-2-15-5-7-17(8-6-15)22(20,21)19-13-9-16(10-14-19)18-11-3-4-12-18/h5-8,16H,2-4,9-14H2,1H3. The summed E-state index contributed by atoms with van der Waals surface area (Å²) in [4.78, 5) is 2.98. The van der Waals surface area contributed by atoms with E-state index in [0.29, 0.717) is 24.0 Å². The highest BCUT2D eigenvalue weighted by atomic mass is 32.2. The van der Waals surface area contributed by atoms with Crippen molar-refractivity contribution < 1.29 is 8.42 Å². The average molecular weight is 322 g/mol. The molecule has 0 aromatic heterocycles. The zero-order valence-corrected chi connectivity index (χ0v) is 14.2. The normalized spacial score (nSPS) is 22.2. The number of aryl methyl sites for hydroxylation is 1. The zero-order valence-electron chi connectivity index (χ0n) is 13.4. The van der Waals surface area contributed by atoms with Crippen molar-refractivity contribution in [1.29, 1.82) is 0 Å². The molecule has 0 saturated carbocycles. The molecule has 0 radical (unpaired) electrons. The third-order valence-electron chi connectivity index (χ3n) is 5.05. The summed E-state index contributed by atoms with van der Waals surface area (Å²) in [6, 6.07) is 7.92. The van der Waals surface area contributed by atoms with Gasteiger partial charge in [-0.1, -0.05) is 19.1 Å². The molecule has 122 valence electrons. The lowest BCUT2D eigenvalue weighted by atomic mass is 10.1. The Morgan fingerprint density at radius 1 is 1.00 bits per heavy atom. The van der Waals surface area contributed by atoms with Crippen LogP contribution in [0.3, 0.4) is 0 Å². The van der Waals surface area contributed by atoms with Crippen molar-refractivity contribution >= 4 is 10.0 Å². The van der Waals surface area contributed by atoms with Crippen LogP contribution in [0.5, 0.6) is 0 Å². The molecule has 2 fully saturated rings. The van der Waals surface area contributed by atoms with E-state index < -0.39 is 10.0 Å². The van der Waals surface area contributed by atoms with Crippen LogP contribution in [-0.4, -0.2) is 49.8 Å². The summed E-state index contributed by atoms with van der Waals surface area (Å²) in [7, 11) is -3.32. The van der Waals surface area contributed by atoms with Crippen LogP contribution in [-0.2, 0) is 16.4 Å². The smallest absolute Gasteiger partial charge is 0.243 e. The molecule has 0 bridgehead atoms. The molecule has 0 N–H and O–H groups in total. The first kappa shape index (κ1) is 16.0. The van der Waals surface area contributed by atoms with Gasteiger partial charge in [-0.15, -0.1) is 0 Å². The molecule has 22 heavy (non-hydrogen) atoms. The molecule has 3 rings (SSSR count). The lowest BCUT2D eigenvalue weighted by Crippen LogP contribution is -2.45. The Morgan fingerprint density at radius 2 is 1.59 bits per heavy atom. The fraction of sp³-hybridized carbons (Fsp3) is 0.647. The number of hydrogen-bond donors (Lipinski definition) is 0. The van der Waals surface area contributed by atoms with Gasteiger partial charge in [0.05, 0.1) is 4.90 Å². The molecule has 5 heteroatoms. The topological polar surface area (TPSA) is 40.6 Å². The van der Waals surface area contributed by atoms with E-state index in [2.05, 4.69) is 11.8 Å². The van der Waals surface area contributed by atoms with Crippen LogP contribution in [0.1, 0.15) is 38.2 Å². The fourth-order valence-corrected chi connectivity index (χ4v) is 5.07. The minimum Gasteiger partial charge on any atom is -0.300 e. The Hall–Kier alpha value is -0.910. The van der Waals surface area contributed by atoms with Crippen molar-refractivity contribution in [2.45, 2.75) is 50.0 Å². The summed E-state index contributed by atoms with van der Waals surface area (Å²) in [5, 5.41) is 0. The number of likely N-dealkylation sites (tertiary alicyclic amines) is 1. The Bertz CT molecular complexity index is 584. The van der Waals surface area contributed by atoms with Crippen LogP contribution in [0.25, 0.3) is 0 Å². The third kappa shape index (κ3) is 3.21. The molecular weight excluding hydrogens is 296 g/mol. The van der Waals surface area contributed by atoms with E-state index in [4.69, 9.17) is 0 Å². The maximum Gasteiger partial charge on any atom is 0.243 e. The van der Waals surface area contributed by atoms with Crippen LogP contribution in [0, 0.1) is 0 Å². The molecule has 0 unspecified atom stereocenters. The summed E-state index contributed by atoms with van der Waals surface area (Å²) in [6.45, 7) is 5.76. The lowest BCUT2D eigenvalue weighted by Gasteiger charge is -2.36. The largest absolute Gasteiger partial charge is 0.300 e. The predicted molar refractivity (Wildman–Crippen MR) is 88.4 cm³/mol. The molecule has 0 atom stereocenters. The Labute approximate surface area is 134 Å². The SMILES string of the molecule is CCc1ccc(S(=O)(=O)N2CCC(N3CCCC3)CC2)cc1. The first-order chi connectivity index (χ1) is 10.6. The van der Waals surface area contributed by atoms with Gasteiger partial charge in [0.25, 0.3) is 0 Å². The molecule has 0 amide bonds. The second kappa shape index (κ2) is 6.69.